The summed E-state index contributed by atoms with van der Waals surface area (Å²) in [5, 5.41) is 3.36. The minimum Gasteiger partial charge on any atom is -0.497 e. The number of para-hydroxylation sites is 1. The first-order valence-electron chi connectivity index (χ1n) is 7.50. The zero-order valence-electron chi connectivity index (χ0n) is 12.7. The highest BCUT2D eigenvalue weighted by Gasteiger charge is 2.20. The SMILES string of the molecule is COc1ccc(CC(=O)N2CCNCc3ccccc32)cc1. The van der Waals surface area contributed by atoms with Crippen LogP contribution in [0.1, 0.15) is 11.1 Å². The van der Waals surface area contributed by atoms with Crippen molar-refractivity contribution in [1.82, 2.24) is 5.32 Å². The molecule has 0 atom stereocenters. The van der Waals surface area contributed by atoms with Crippen LogP contribution in [0.4, 0.5) is 5.69 Å². The van der Waals surface area contributed by atoms with Crippen molar-refractivity contribution in [3.8, 4) is 5.75 Å². The minimum atomic E-state index is 0.126. The molecule has 2 aromatic rings. The topological polar surface area (TPSA) is 41.6 Å². The number of nitrogens with zero attached hydrogens (tertiary/aromatic N) is 1. The van der Waals surface area contributed by atoms with Crippen LogP contribution >= 0.6 is 0 Å². The fourth-order valence-corrected chi connectivity index (χ4v) is 2.73. The summed E-state index contributed by atoms with van der Waals surface area (Å²) in [5.41, 5.74) is 3.19. The lowest BCUT2D eigenvalue weighted by Crippen LogP contribution is -2.35. The van der Waals surface area contributed by atoms with Crippen LogP contribution in [0.5, 0.6) is 5.75 Å². The number of methoxy groups -OCH3 is 1. The van der Waals surface area contributed by atoms with Gasteiger partial charge in [0.25, 0.3) is 0 Å². The molecular weight excluding hydrogens is 276 g/mol. The van der Waals surface area contributed by atoms with Gasteiger partial charge in [0.2, 0.25) is 5.91 Å². The van der Waals surface area contributed by atoms with Crippen LogP contribution in [0.15, 0.2) is 48.5 Å². The molecule has 0 bridgehead atoms. The van der Waals surface area contributed by atoms with E-state index in [1.807, 2.05) is 47.4 Å². The van der Waals surface area contributed by atoms with Crippen molar-refractivity contribution in [3.63, 3.8) is 0 Å². The average molecular weight is 296 g/mol. The van der Waals surface area contributed by atoms with Gasteiger partial charge in [-0.1, -0.05) is 30.3 Å². The number of ether oxygens (including phenoxy) is 1. The summed E-state index contributed by atoms with van der Waals surface area (Å²) in [6.07, 6.45) is 0.401. The van der Waals surface area contributed by atoms with E-state index in [0.717, 1.165) is 30.1 Å². The van der Waals surface area contributed by atoms with Gasteiger partial charge in [0.15, 0.2) is 0 Å². The third kappa shape index (κ3) is 3.12. The number of benzene rings is 2. The molecule has 0 radical (unpaired) electrons. The predicted molar refractivity (Wildman–Crippen MR) is 87.2 cm³/mol. The monoisotopic (exact) mass is 296 g/mol. The molecule has 1 heterocycles. The largest absolute Gasteiger partial charge is 0.497 e. The molecule has 0 aromatic heterocycles. The standard InChI is InChI=1S/C18H20N2O2/c1-22-16-8-6-14(7-9-16)12-18(21)20-11-10-19-13-15-4-2-3-5-17(15)20/h2-9,19H,10-13H2,1H3. The van der Waals surface area contributed by atoms with Crippen molar-refractivity contribution in [2.45, 2.75) is 13.0 Å². The molecule has 22 heavy (non-hydrogen) atoms. The molecule has 1 aliphatic rings. The van der Waals surface area contributed by atoms with Crippen molar-refractivity contribution < 1.29 is 9.53 Å². The van der Waals surface area contributed by atoms with Crippen LogP contribution in [-0.4, -0.2) is 26.1 Å². The number of hydrogen-bond donors (Lipinski definition) is 1. The van der Waals surface area contributed by atoms with Gasteiger partial charge in [-0.2, -0.15) is 0 Å². The van der Waals surface area contributed by atoms with E-state index in [0.29, 0.717) is 13.0 Å². The molecule has 0 spiro atoms. The van der Waals surface area contributed by atoms with Gasteiger partial charge in [-0.3, -0.25) is 4.79 Å². The lowest BCUT2D eigenvalue weighted by Gasteiger charge is -2.22. The van der Waals surface area contributed by atoms with E-state index in [1.54, 1.807) is 7.11 Å². The highest BCUT2D eigenvalue weighted by atomic mass is 16.5. The van der Waals surface area contributed by atoms with E-state index in [-0.39, 0.29) is 5.91 Å². The Morgan fingerprint density at radius 1 is 1.18 bits per heavy atom. The van der Waals surface area contributed by atoms with Crippen LogP contribution in [-0.2, 0) is 17.8 Å². The van der Waals surface area contributed by atoms with Crippen LogP contribution in [0, 0.1) is 0 Å². The van der Waals surface area contributed by atoms with Crippen molar-refractivity contribution in [2.75, 3.05) is 25.1 Å². The first kappa shape index (κ1) is 14.6. The average Bonchev–Trinajstić information content (AvgIpc) is 2.78. The normalized spacial score (nSPS) is 14.1. The Balaban J connectivity index is 1.79. The van der Waals surface area contributed by atoms with Crippen molar-refractivity contribution in [3.05, 3.63) is 59.7 Å². The number of carbonyl (C=O) groups is 1. The van der Waals surface area contributed by atoms with Gasteiger partial charge in [-0.15, -0.1) is 0 Å². The molecule has 4 heteroatoms. The Labute approximate surface area is 130 Å². The summed E-state index contributed by atoms with van der Waals surface area (Å²) in [7, 11) is 1.64. The zero-order valence-corrected chi connectivity index (χ0v) is 12.7. The molecule has 0 unspecified atom stereocenters. The Morgan fingerprint density at radius 3 is 2.73 bits per heavy atom. The maximum atomic E-state index is 12.7. The second-order valence-corrected chi connectivity index (χ2v) is 5.38. The number of anilines is 1. The van der Waals surface area contributed by atoms with Gasteiger partial charge in [0.05, 0.1) is 13.5 Å². The second-order valence-electron chi connectivity index (χ2n) is 5.38. The van der Waals surface area contributed by atoms with E-state index in [2.05, 4.69) is 11.4 Å². The lowest BCUT2D eigenvalue weighted by molar-refractivity contribution is -0.118. The number of hydrogen-bond acceptors (Lipinski definition) is 3. The summed E-state index contributed by atoms with van der Waals surface area (Å²) >= 11 is 0. The maximum absolute atomic E-state index is 12.7. The number of rotatable bonds is 3. The second kappa shape index (κ2) is 6.62. The molecule has 2 aromatic carbocycles. The first-order chi connectivity index (χ1) is 10.8. The molecular formula is C18H20N2O2. The zero-order chi connectivity index (χ0) is 15.4. The van der Waals surface area contributed by atoms with E-state index in [4.69, 9.17) is 4.74 Å². The number of amides is 1. The first-order valence-corrected chi connectivity index (χ1v) is 7.50. The van der Waals surface area contributed by atoms with E-state index in [9.17, 15) is 4.79 Å². The van der Waals surface area contributed by atoms with Gasteiger partial charge in [-0.25, -0.2) is 0 Å². The summed E-state index contributed by atoms with van der Waals surface area (Å²) in [6, 6.07) is 15.8. The highest BCUT2D eigenvalue weighted by Crippen LogP contribution is 2.23. The van der Waals surface area contributed by atoms with E-state index < -0.39 is 0 Å². The highest BCUT2D eigenvalue weighted by molar-refractivity contribution is 5.95. The third-order valence-corrected chi connectivity index (χ3v) is 3.93. The van der Waals surface area contributed by atoms with Gasteiger partial charge < -0.3 is 15.0 Å². The van der Waals surface area contributed by atoms with Gasteiger partial charge >= 0.3 is 0 Å². The van der Waals surface area contributed by atoms with Crippen molar-refractivity contribution in [1.29, 1.82) is 0 Å². The summed E-state index contributed by atoms with van der Waals surface area (Å²) in [4.78, 5) is 14.6. The molecule has 114 valence electrons. The Hall–Kier alpha value is -2.33. The predicted octanol–water partition coefficient (Wildman–Crippen LogP) is 2.37. The van der Waals surface area contributed by atoms with Gasteiger partial charge in [0, 0.05) is 25.3 Å². The molecule has 1 aliphatic heterocycles. The summed E-state index contributed by atoms with van der Waals surface area (Å²) in [5.74, 6) is 0.932. The molecule has 0 fully saturated rings. The summed E-state index contributed by atoms with van der Waals surface area (Å²) < 4.78 is 5.15. The van der Waals surface area contributed by atoms with Crippen LogP contribution in [0.2, 0.25) is 0 Å². The molecule has 0 saturated heterocycles. The van der Waals surface area contributed by atoms with Crippen LogP contribution in [0.3, 0.4) is 0 Å². The molecule has 4 nitrogen and oxygen atoms in total. The molecule has 0 aliphatic carbocycles. The Kier molecular flexibility index (Phi) is 4.39. The Bertz CT molecular complexity index is 652. The fourth-order valence-electron chi connectivity index (χ4n) is 2.73. The van der Waals surface area contributed by atoms with Crippen molar-refractivity contribution in [2.24, 2.45) is 0 Å². The quantitative estimate of drug-likeness (QED) is 0.945. The van der Waals surface area contributed by atoms with E-state index >= 15 is 0 Å². The van der Waals surface area contributed by atoms with Gasteiger partial charge in [0.1, 0.15) is 5.75 Å². The Morgan fingerprint density at radius 2 is 1.95 bits per heavy atom. The fraction of sp³-hybridized carbons (Fsp3) is 0.278. The number of fused-ring (bicyclic) bond motifs is 1. The molecule has 3 rings (SSSR count). The molecule has 0 saturated carbocycles. The molecule has 1 amide bonds. The minimum absolute atomic E-state index is 0.126. The number of nitrogens with one attached hydrogen (secondary N) is 1. The van der Waals surface area contributed by atoms with Crippen LogP contribution in [0.25, 0.3) is 0 Å². The van der Waals surface area contributed by atoms with Gasteiger partial charge in [-0.05, 0) is 29.3 Å². The van der Waals surface area contributed by atoms with Crippen LogP contribution < -0.4 is 15.0 Å². The number of carbonyl (C=O) groups excluding carboxylic acids is 1. The molecule has 1 N–H and O–H groups in total. The smallest absolute Gasteiger partial charge is 0.231 e. The van der Waals surface area contributed by atoms with Crippen molar-refractivity contribution >= 4 is 11.6 Å². The third-order valence-electron chi connectivity index (χ3n) is 3.93. The lowest BCUT2D eigenvalue weighted by atomic mass is 10.1. The summed E-state index contributed by atoms with van der Waals surface area (Å²) in [6.45, 7) is 2.32. The van der Waals surface area contributed by atoms with E-state index in [1.165, 1.54) is 5.56 Å². The maximum Gasteiger partial charge on any atom is 0.231 e.